The van der Waals surface area contributed by atoms with Gasteiger partial charge < -0.3 is 36.5 Å². The smallest absolute Gasteiger partial charge is 0.0719 e. The van der Waals surface area contributed by atoms with E-state index in [4.69, 9.17) is 0 Å². The lowest BCUT2D eigenvalue weighted by Crippen LogP contribution is -2.34. The molecule has 8 nitrogen and oxygen atoms in total. The molecule has 722 valence electrons. The van der Waals surface area contributed by atoms with Crippen LogP contribution in [0.3, 0.4) is 0 Å². The summed E-state index contributed by atoms with van der Waals surface area (Å²) in [5.74, 6) is 0. The van der Waals surface area contributed by atoms with Crippen LogP contribution in [0.2, 0.25) is 0 Å². The highest BCUT2D eigenvalue weighted by Gasteiger charge is 2.49. The second kappa shape index (κ2) is 45.0. The van der Waals surface area contributed by atoms with Gasteiger partial charge in [-0.2, -0.15) is 0 Å². The van der Waals surface area contributed by atoms with Gasteiger partial charge in [0.05, 0.1) is 5.41 Å². The topological polar surface area (TPSA) is 39.4 Å². The first-order valence-electron chi connectivity index (χ1n) is 51.7. The van der Waals surface area contributed by atoms with Gasteiger partial charge in [-0.15, -0.1) is 0 Å². The van der Waals surface area contributed by atoms with Gasteiger partial charge in [0.15, 0.2) is 0 Å². The first-order valence-corrected chi connectivity index (χ1v) is 51.7. The summed E-state index contributed by atoms with van der Waals surface area (Å²) in [5, 5.41) is 21.4. The van der Waals surface area contributed by atoms with Gasteiger partial charge in [-0.1, -0.05) is 444 Å². The van der Waals surface area contributed by atoms with Crippen LogP contribution >= 0.6 is 0 Å². The molecule has 28 aromatic rings. The molecule has 0 radical (unpaired) electrons. The van der Waals surface area contributed by atoms with Crippen molar-refractivity contribution in [1.29, 1.82) is 0 Å². The minimum atomic E-state index is -0.196. The standard InChI is InChI=1S/C26H18.8C13H11N.4C2H6/c1-5-13-22-18(9-1)17-19-10-2-6-14-23(19)26(22)24-15-7-3-11-20(24)21-12-4-8-16-25(21)26;8*1-14-12-8-4-2-6-10(12)11-7-3-5-9-13(11)14;4*1-2/h1-16H,17H2;8*2-9H,1H3;4*1-2H3. The van der Waals surface area contributed by atoms with E-state index in [0.717, 1.165) is 6.42 Å². The Morgan fingerprint density at radius 1 is 0.123 bits per heavy atom. The molecule has 0 bridgehead atoms. The lowest BCUT2D eigenvalue weighted by Gasteiger charge is -2.40. The summed E-state index contributed by atoms with van der Waals surface area (Å²) >= 11 is 0. The van der Waals surface area contributed by atoms with Gasteiger partial charge in [0, 0.05) is 231 Å². The molecule has 146 heavy (non-hydrogen) atoms. The fraction of sp³-hybridized carbons (Fsp3) is 0.130. The fourth-order valence-electron chi connectivity index (χ4n) is 22.2. The molecule has 2 aliphatic carbocycles. The Morgan fingerprint density at radius 3 is 0.363 bits per heavy atom. The van der Waals surface area contributed by atoms with Gasteiger partial charge in [-0.3, -0.25) is 0 Å². The molecule has 0 saturated carbocycles. The van der Waals surface area contributed by atoms with Crippen LogP contribution in [-0.4, -0.2) is 36.5 Å². The first kappa shape index (κ1) is 99.0. The molecular formula is C138H130N8. The van der Waals surface area contributed by atoms with Gasteiger partial charge in [0.2, 0.25) is 0 Å². The van der Waals surface area contributed by atoms with Crippen LogP contribution in [0, 0.1) is 0 Å². The Balaban J connectivity index is 0.000000108. The maximum absolute atomic E-state index is 2.34. The van der Waals surface area contributed by atoms with Crippen LogP contribution < -0.4 is 0 Å². The molecule has 0 unspecified atom stereocenters. The molecule has 1 spiro atoms. The number of nitrogens with zero attached hydrogens (tertiary/aromatic N) is 8. The van der Waals surface area contributed by atoms with E-state index in [0.29, 0.717) is 0 Å². The predicted octanol–water partition coefficient (Wildman–Crippen LogP) is 36.7. The Kier molecular flexibility index (Phi) is 30.5. The molecule has 2 aliphatic rings. The van der Waals surface area contributed by atoms with Crippen LogP contribution in [0.1, 0.15) is 88.8 Å². The Morgan fingerprint density at radius 2 is 0.226 bits per heavy atom. The van der Waals surface area contributed by atoms with Gasteiger partial charge in [0.1, 0.15) is 0 Å². The highest BCUT2D eigenvalue weighted by atomic mass is 15.0. The molecule has 8 aromatic heterocycles. The van der Waals surface area contributed by atoms with Crippen molar-refractivity contribution in [2.24, 2.45) is 56.4 Å². The number of rotatable bonds is 0. The van der Waals surface area contributed by atoms with E-state index in [9.17, 15) is 0 Å². The number of hydrogen-bond acceptors (Lipinski definition) is 0. The predicted molar refractivity (Wildman–Crippen MR) is 635 cm³/mol. The van der Waals surface area contributed by atoms with Crippen molar-refractivity contribution in [3.63, 3.8) is 0 Å². The van der Waals surface area contributed by atoms with Crippen LogP contribution in [0.5, 0.6) is 0 Å². The van der Waals surface area contributed by atoms with Gasteiger partial charge >= 0.3 is 0 Å². The monoisotopic (exact) mass is 1900 g/mol. The lowest BCUT2D eigenvalue weighted by molar-refractivity contribution is 0.722. The van der Waals surface area contributed by atoms with E-state index in [1.54, 1.807) is 0 Å². The van der Waals surface area contributed by atoms with Crippen molar-refractivity contribution < 1.29 is 0 Å². The zero-order valence-electron chi connectivity index (χ0n) is 87.0. The second-order valence-corrected chi connectivity index (χ2v) is 36.1. The molecule has 20 aromatic carbocycles. The lowest BCUT2D eigenvalue weighted by atomic mass is 9.61. The highest BCUT2D eigenvalue weighted by molar-refractivity contribution is 6.14. The van der Waals surface area contributed by atoms with Crippen molar-refractivity contribution in [2.75, 3.05) is 0 Å². The molecule has 8 heterocycles. The van der Waals surface area contributed by atoms with Crippen molar-refractivity contribution in [2.45, 2.75) is 67.2 Å². The molecule has 0 saturated heterocycles. The minimum Gasteiger partial charge on any atom is -0.344 e. The molecule has 0 N–H and O–H groups in total. The normalized spacial score (nSPS) is 11.5. The minimum absolute atomic E-state index is 0.196. The largest absolute Gasteiger partial charge is 0.344 e. The Hall–Kier alpha value is -17.2. The number of aromatic nitrogens is 8. The van der Waals surface area contributed by atoms with Crippen molar-refractivity contribution in [1.82, 2.24) is 36.5 Å². The molecule has 30 rings (SSSR count). The molecular weight excluding hydrogens is 1770 g/mol. The molecule has 0 atom stereocenters. The van der Waals surface area contributed by atoms with Crippen LogP contribution in [0.15, 0.2) is 485 Å². The Bertz CT molecular complexity index is 7550. The summed E-state index contributed by atoms with van der Waals surface area (Å²) < 4.78 is 17.9. The number of fused-ring (bicyclic) bond motifs is 33. The Labute approximate surface area is 858 Å². The van der Waals surface area contributed by atoms with Gasteiger partial charge in [-0.05, 0) is 148 Å². The fourth-order valence-corrected chi connectivity index (χ4v) is 22.2. The summed E-state index contributed by atoms with van der Waals surface area (Å²) in [5.41, 5.74) is 31.9. The summed E-state index contributed by atoms with van der Waals surface area (Å²) in [4.78, 5) is 0. The van der Waals surface area contributed by atoms with E-state index in [1.807, 2.05) is 55.4 Å². The van der Waals surface area contributed by atoms with E-state index < -0.39 is 0 Å². The van der Waals surface area contributed by atoms with E-state index in [1.165, 1.54) is 219 Å². The zero-order chi connectivity index (χ0) is 101. The SMILES string of the molecule is CC.CC.CC.CC.Cn1c2ccccc2c2ccccc21.Cn1c2ccccc2c2ccccc21.Cn1c2ccccc2c2ccccc21.Cn1c2ccccc2c2ccccc21.Cn1c2ccccc2c2ccccc21.Cn1c2ccccc2c2ccccc21.Cn1c2ccccc2c2ccccc21.Cn1c2ccccc2c2ccccc21.c1ccc2c(c1)Cc1ccccc1C21c2ccccc2-c2ccccc21. The molecule has 0 amide bonds. The van der Waals surface area contributed by atoms with Gasteiger partial charge in [0.25, 0.3) is 0 Å². The number of para-hydroxylation sites is 16. The second-order valence-electron chi connectivity index (χ2n) is 36.1. The van der Waals surface area contributed by atoms with Gasteiger partial charge in [-0.25, -0.2) is 0 Å². The number of aryl methyl sites for hydroxylation is 8. The highest BCUT2D eigenvalue weighted by Crippen LogP contribution is 2.59. The molecule has 0 fully saturated rings. The van der Waals surface area contributed by atoms with Crippen molar-refractivity contribution >= 4 is 174 Å². The zero-order valence-corrected chi connectivity index (χ0v) is 87.0. The quantitative estimate of drug-likeness (QED) is 0.145. The maximum Gasteiger partial charge on any atom is 0.0719 e. The molecule has 8 heteroatoms. The average molecular weight is 1900 g/mol. The van der Waals surface area contributed by atoms with Crippen molar-refractivity contribution in [3.05, 3.63) is 519 Å². The third-order valence-corrected chi connectivity index (χ3v) is 28.7. The summed E-state index contributed by atoms with van der Waals surface area (Å²) in [6.07, 6.45) is 1.01. The first-order chi connectivity index (χ1) is 71.9. The van der Waals surface area contributed by atoms with E-state index >= 15 is 0 Å². The summed E-state index contributed by atoms with van der Waals surface area (Å²) in [6.45, 7) is 16.0. The average Bonchev–Trinajstić information content (AvgIpc) is 1.48. The van der Waals surface area contributed by atoms with Crippen LogP contribution in [0.4, 0.5) is 0 Å². The molecule has 0 aliphatic heterocycles. The third kappa shape index (κ3) is 18.3. The van der Waals surface area contributed by atoms with E-state index in [2.05, 4.69) is 578 Å². The summed E-state index contributed by atoms with van der Waals surface area (Å²) in [6, 6.07) is 172. The van der Waals surface area contributed by atoms with E-state index in [-0.39, 0.29) is 5.41 Å². The van der Waals surface area contributed by atoms with Crippen LogP contribution in [-0.2, 0) is 68.2 Å². The number of benzene rings is 20. The van der Waals surface area contributed by atoms with Crippen molar-refractivity contribution in [3.8, 4) is 11.1 Å². The third-order valence-electron chi connectivity index (χ3n) is 28.7. The van der Waals surface area contributed by atoms with Crippen LogP contribution in [0.25, 0.3) is 186 Å². The summed E-state index contributed by atoms with van der Waals surface area (Å²) in [7, 11) is 16.9. The number of hydrogen-bond donors (Lipinski definition) is 0. The maximum atomic E-state index is 2.34.